The van der Waals surface area contributed by atoms with Gasteiger partial charge in [0, 0.05) is 30.9 Å². The molecule has 3 heterocycles. The number of amides is 2. The van der Waals surface area contributed by atoms with Crippen molar-refractivity contribution in [2.75, 3.05) is 11.9 Å². The van der Waals surface area contributed by atoms with Gasteiger partial charge in [0.2, 0.25) is 11.8 Å². The molecular formula is C21H27N5O2. The van der Waals surface area contributed by atoms with Gasteiger partial charge in [-0.1, -0.05) is 25.3 Å². The molecule has 7 nitrogen and oxygen atoms in total. The van der Waals surface area contributed by atoms with Crippen LogP contribution < -0.4 is 5.32 Å². The Kier molecular flexibility index (Phi) is 5.69. The lowest BCUT2D eigenvalue weighted by atomic mass is 9.88. The normalized spacial score (nSPS) is 20.3. The number of likely N-dealkylation sites (tertiary alicyclic amines) is 1. The standard InChI is InChI=1S/C21H27N5O2/c27-20(18-10-6-13-26(18)21(28)16-7-2-1-3-8-16)23-19-11-14-25(24-19)15-17-9-4-5-12-22-17/h4-5,9,11-12,14,16,18H,1-3,6-8,10,13,15H2,(H,23,24,27). The molecule has 1 aliphatic heterocycles. The van der Waals surface area contributed by atoms with Crippen LogP contribution in [0.1, 0.15) is 50.6 Å². The van der Waals surface area contributed by atoms with Gasteiger partial charge >= 0.3 is 0 Å². The Bertz CT molecular complexity index is 813. The first-order chi connectivity index (χ1) is 13.7. The third-order valence-electron chi connectivity index (χ3n) is 5.74. The number of pyridine rings is 1. The van der Waals surface area contributed by atoms with Crippen molar-refractivity contribution in [3.63, 3.8) is 0 Å². The second-order valence-corrected chi connectivity index (χ2v) is 7.73. The lowest BCUT2D eigenvalue weighted by Crippen LogP contribution is -2.46. The molecule has 0 bridgehead atoms. The number of hydrogen-bond donors (Lipinski definition) is 1. The van der Waals surface area contributed by atoms with Crippen LogP contribution >= 0.6 is 0 Å². The van der Waals surface area contributed by atoms with E-state index in [-0.39, 0.29) is 23.8 Å². The molecule has 0 aromatic carbocycles. The van der Waals surface area contributed by atoms with Crippen LogP contribution in [0.5, 0.6) is 0 Å². The number of nitrogens with zero attached hydrogens (tertiary/aromatic N) is 4. The number of nitrogens with one attached hydrogen (secondary N) is 1. The minimum Gasteiger partial charge on any atom is -0.330 e. The van der Waals surface area contributed by atoms with Gasteiger partial charge in [-0.2, -0.15) is 5.10 Å². The number of rotatable bonds is 5. The van der Waals surface area contributed by atoms with Crippen LogP contribution in [0, 0.1) is 5.92 Å². The molecule has 1 atom stereocenters. The molecule has 2 fully saturated rings. The van der Waals surface area contributed by atoms with E-state index < -0.39 is 0 Å². The Morgan fingerprint density at radius 1 is 1.07 bits per heavy atom. The third kappa shape index (κ3) is 4.24. The molecule has 2 aromatic rings. The van der Waals surface area contributed by atoms with Crippen molar-refractivity contribution < 1.29 is 9.59 Å². The zero-order valence-electron chi connectivity index (χ0n) is 16.1. The minimum absolute atomic E-state index is 0.0970. The van der Waals surface area contributed by atoms with Crippen LogP contribution in [0.2, 0.25) is 0 Å². The average molecular weight is 381 g/mol. The minimum atomic E-state index is -0.379. The molecule has 0 radical (unpaired) electrons. The van der Waals surface area contributed by atoms with Gasteiger partial charge in [0.15, 0.2) is 5.82 Å². The molecule has 0 spiro atoms. The van der Waals surface area contributed by atoms with Gasteiger partial charge in [-0.25, -0.2) is 0 Å². The summed E-state index contributed by atoms with van der Waals surface area (Å²) in [6.07, 6.45) is 10.6. The van der Waals surface area contributed by atoms with Crippen molar-refractivity contribution in [3.8, 4) is 0 Å². The highest BCUT2D eigenvalue weighted by Gasteiger charge is 2.37. The van der Waals surface area contributed by atoms with Crippen LogP contribution in [0.25, 0.3) is 0 Å². The van der Waals surface area contributed by atoms with E-state index in [4.69, 9.17) is 0 Å². The van der Waals surface area contributed by atoms with Crippen LogP contribution in [0.15, 0.2) is 36.7 Å². The topological polar surface area (TPSA) is 80.1 Å². The Hall–Kier alpha value is -2.70. The molecule has 1 saturated heterocycles. The fourth-order valence-corrected chi connectivity index (χ4v) is 4.27. The number of carbonyl (C=O) groups excluding carboxylic acids is 2. The van der Waals surface area contributed by atoms with Gasteiger partial charge in [-0.05, 0) is 37.8 Å². The summed E-state index contributed by atoms with van der Waals surface area (Å²) in [6, 6.07) is 7.15. The van der Waals surface area contributed by atoms with Crippen molar-refractivity contribution >= 4 is 17.6 Å². The van der Waals surface area contributed by atoms with Crippen LogP contribution in [0.4, 0.5) is 5.82 Å². The van der Waals surface area contributed by atoms with E-state index >= 15 is 0 Å². The molecule has 1 aliphatic carbocycles. The van der Waals surface area contributed by atoms with Gasteiger partial charge in [0.25, 0.3) is 0 Å². The largest absolute Gasteiger partial charge is 0.330 e. The van der Waals surface area contributed by atoms with E-state index in [1.54, 1.807) is 21.8 Å². The molecule has 4 rings (SSSR count). The van der Waals surface area contributed by atoms with Gasteiger partial charge in [0.1, 0.15) is 6.04 Å². The number of hydrogen-bond acceptors (Lipinski definition) is 4. The van der Waals surface area contributed by atoms with Crippen LogP contribution in [0.3, 0.4) is 0 Å². The summed E-state index contributed by atoms with van der Waals surface area (Å²) >= 11 is 0. The maximum atomic E-state index is 12.9. The van der Waals surface area contributed by atoms with Crippen molar-refractivity contribution in [2.45, 2.75) is 57.5 Å². The van der Waals surface area contributed by atoms with Gasteiger partial charge < -0.3 is 10.2 Å². The average Bonchev–Trinajstić information content (AvgIpc) is 3.38. The van der Waals surface area contributed by atoms with Gasteiger partial charge in [-0.3, -0.25) is 19.3 Å². The van der Waals surface area contributed by atoms with Crippen molar-refractivity contribution in [2.24, 2.45) is 5.92 Å². The maximum Gasteiger partial charge on any atom is 0.248 e. The van der Waals surface area contributed by atoms with E-state index in [1.165, 1.54) is 6.42 Å². The number of aromatic nitrogens is 3. The fraction of sp³-hybridized carbons (Fsp3) is 0.524. The summed E-state index contributed by atoms with van der Waals surface area (Å²) in [5.74, 6) is 0.639. The SMILES string of the molecule is O=C(Nc1ccn(Cc2ccccn2)n1)C1CCCN1C(=O)C1CCCCC1. The predicted octanol–water partition coefficient (Wildman–Crippen LogP) is 2.84. The molecule has 1 N–H and O–H groups in total. The molecule has 2 aromatic heterocycles. The Labute approximate surface area is 165 Å². The first-order valence-electron chi connectivity index (χ1n) is 10.3. The predicted molar refractivity (Wildman–Crippen MR) is 106 cm³/mol. The van der Waals surface area contributed by atoms with E-state index in [9.17, 15) is 9.59 Å². The highest BCUT2D eigenvalue weighted by atomic mass is 16.2. The lowest BCUT2D eigenvalue weighted by Gasteiger charge is -2.29. The van der Waals surface area contributed by atoms with Crippen molar-refractivity contribution in [3.05, 3.63) is 42.4 Å². The first-order valence-corrected chi connectivity index (χ1v) is 10.3. The van der Waals surface area contributed by atoms with E-state index in [1.807, 2.05) is 24.4 Å². The smallest absolute Gasteiger partial charge is 0.248 e. The summed E-state index contributed by atoms with van der Waals surface area (Å²) in [5, 5.41) is 7.31. The molecular weight excluding hydrogens is 354 g/mol. The van der Waals surface area contributed by atoms with Crippen LogP contribution in [-0.4, -0.2) is 44.1 Å². The van der Waals surface area contributed by atoms with Crippen molar-refractivity contribution in [1.29, 1.82) is 0 Å². The molecule has 1 saturated carbocycles. The molecule has 1 unspecified atom stereocenters. The van der Waals surface area contributed by atoms with E-state index in [0.29, 0.717) is 18.9 Å². The highest BCUT2D eigenvalue weighted by Crippen LogP contribution is 2.29. The Balaban J connectivity index is 1.37. The zero-order valence-corrected chi connectivity index (χ0v) is 16.1. The van der Waals surface area contributed by atoms with Gasteiger partial charge in [-0.15, -0.1) is 0 Å². The second kappa shape index (κ2) is 8.54. The molecule has 28 heavy (non-hydrogen) atoms. The summed E-state index contributed by atoms with van der Waals surface area (Å²) in [5.41, 5.74) is 0.906. The monoisotopic (exact) mass is 381 g/mol. The molecule has 7 heteroatoms. The maximum absolute atomic E-state index is 12.9. The number of anilines is 1. The van der Waals surface area contributed by atoms with Crippen molar-refractivity contribution in [1.82, 2.24) is 19.7 Å². The first kappa shape index (κ1) is 18.7. The Morgan fingerprint density at radius 2 is 1.93 bits per heavy atom. The number of carbonyl (C=O) groups is 2. The Morgan fingerprint density at radius 3 is 2.71 bits per heavy atom. The molecule has 148 valence electrons. The fourth-order valence-electron chi connectivity index (χ4n) is 4.27. The molecule has 2 aliphatic rings. The zero-order chi connectivity index (χ0) is 19.3. The summed E-state index contributed by atoms with van der Waals surface area (Å²) in [4.78, 5) is 31.8. The third-order valence-corrected chi connectivity index (χ3v) is 5.74. The summed E-state index contributed by atoms with van der Waals surface area (Å²) in [7, 11) is 0. The lowest BCUT2D eigenvalue weighted by molar-refractivity contribution is -0.141. The van der Waals surface area contributed by atoms with Gasteiger partial charge in [0.05, 0.1) is 12.2 Å². The van der Waals surface area contributed by atoms with E-state index in [0.717, 1.165) is 44.2 Å². The quantitative estimate of drug-likeness (QED) is 0.864. The summed E-state index contributed by atoms with van der Waals surface area (Å²) in [6.45, 7) is 1.23. The summed E-state index contributed by atoms with van der Waals surface area (Å²) < 4.78 is 1.75. The van der Waals surface area contributed by atoms with Crippen LogP contribution in [-0.2, 0) is 16.1 Å². The second-order valence-electron chi connectivity index (χ2n) is 7.73. The highest BCUT2D eigenvalue weighted by molar-refractivity contribution is 5.97. The molecule has 2 amide bonds. The van der Waals surface area contributed by atoms with E-state index in [2.05, 4.69) is 15.4 Å².